The second-order valence-electron chi connectivity index (χ2n) is 0. The molecule has 0 bridgehead atoms. The van der Waals surface area contributed by atoms with Crippen LogP contribution in [0.2, 0.25) is 0 Å². The van der Waals surface area contributed by atoms with Crippen LogP contribution in [0.25, 0.3) is 0 Å². The molecule has 273 valence electrons. The summed E-state index contributed by atoms with van der Waals surface area (Å²) in [7, 11) is 0. The molecule has 0 aromatic rings. The maximum absolute atomic E-state index is 0. The predicted octanol–water partition coefficient (Wildman–Crippen LogP) is -0.228. The molecule has 91 radical (unpaired) electrons. The second-order valence-corrected chi connectivity index (χ2v) is 0. The molecule has 0 saturated carbocycles. The fourth-order valence-electron chi connectivity index (χ4n) is 0. The molecule has 91 heavy (non-hydrogen) atoms. The van der Waals surface area contributed by atoms with Crippen LogP contribution in [-0.4, -0.2) is 0 Å². The van der Waals surface area contributed by atoms with Crippen molar-refractivity contribution in [2.24, 2.45) is 0 Å². The van der Waals surface area contributed by atoms with Gasteiger partial charge in [-0.1, -0.05) is 0 Å². The molecular weight excluding hydrogens is 8090 g/mol. The van der Waals surface area contributed by atoms with Gasteiger partial charge in [-0.05, 0) is 0 Å². The zero-order valence-corrected chi connectivity index (χ0v) is 311. The summed E-state index contributed by atoms with van der Waals surface area (Å²) in [5.41, 5.74) is 0. The van der Waals surface area contributed by atoms with Gasteiger partial charge in [0.05, 0.1) is 0 Å². The van der Waals surface area contributed by atoms with E-state index >= 15 is 0 Å². The monoisotopic (exact) mass is 8090 g/mol. The first-order valence-electron chi connectivity index (χ1n) is 0. The average molecular weight is 8090 g/mol. The van der Waals surface area contributed by atoms with E-state index in [1.54, 1.807) is 0 Å². The molecule has 0 unspecified atom stereocenters. The second kappa shape index (κ2) is 677. The van der Waals surface area contributed by atoms with E-state index in [0.29, 0.717) is 0 Å². The molecule has 0 spiro atoms. The van der Waals surface area contributed by atoms with Crippen molar-refractivity contribution < 1.29 is 2980 Å². The number of hydrogen-bond acceptors (Lipinski definition) is 0. The van der Waals surface area contributed by atoms with Crippen LogP contribution in [0.5, 0.6) is 0 Å². The third-order valence-corrected chi connectivity index (χ3v) is 0. The van der Waals surface area contributed by atoms with E-state index in [1.807, 2.05) is 0 Å². The minimum Gasteiger partial charge on any atom is 0 e. The third-order valence-electron chi connectivity index (χ3n) is 0. The van der Waals surface area contributed by atoms with Gasteiger partial charge in [0, 0.05) is 2980 Å². The summed E-state index contributed by atoms with van der Waals surface area (Å²) in [6.07, 6.45) is 0. The van der Waals surface area contributed by atoms with Gasteiger partial charge in [-0.2, -0.15) is 0 Å². The van der Waals surface area contributed by atoms with Crippen LogP contribution in [0.4, 0.5) is 0 Å². The van der Waals surface area contributed by atoms with Crippen molar-refractivity contribution in [1.82, 2.24) is 0 Å². The summed E-state index contributed by atoms with van der Waals surface area (Å²) < 4.78 is 0. The minimum atomic E-state index is 0. The first kappa shape index (κ1) is 688. The molecule has 0 aliphatic heterocycles. The topological polar surface area (TPSA) is 0 Å². The van der Waals surface area contributed by atoms with Crippen LogP contribution in [-0.2, 0) is 2980 Å². The fourth-order valence-corrected chi connectivity index (χ4v) is 0. The molecule has 91 heteroatoms. The molecule has 0 aromatic heterocycles. The van der Waals surface area contributed by atoms with Gasteiger partial charge < -0.3 is 0 Å². The standard InChI is InChI=1S/91Y. The first-order chi connectivity index (χ1) is 0. The van der Waals surface area contributed by atoms with Gasteiger partial charge in [-0.3, -0.25) is 0 Å². The van der Waals surface area contributed by atoms with Crippen molar-refractivity contribution in [2.75, 3.05) is 0 Å². The Morgan fingerprint density at radius 1 is 0.0110 bits per heavy atom. The molecule has 0 aliphatic rings. The van der Waals surface area contributed by atoms with Crippen molar-refractivity contribution in [1.29, 1.82) is 0 Å². The molecule has 0 rings (SSSR count). The van der Waals surface area contributed by atoms with Crippen molar-refractivity contribution >= 4 is 0 Å². The van der Waals surface area contributed by atoms with E-state index < -0.39 is 0 Å². The van der Waals surface area contributed by atoms with Gasteiger partial charge in [0.2, 0.25) is 0 Å². The van der Waals surface area contributed by atoms with Crippen LogP contribution >= 0.6 is 0 Å². The van der Waals surface area contributed by atoms with Gasteiger partial charge >= 0.3 is 0 Å². The van der Waals surface area contributed by atoms with E-state index in [9.17, 15) is 0 Å². The molecule has 0 heterocycles. The van der Waals surface area contributed by atoms with Crippen molar-refractivity contribution in [2.45, 2.75) is 0 Å². The normalized spacial score (nSPS) is 0. The Kier molecular flexibility index (Phi) is 5120. The van der Waals surface area contributed by atoms with E-state index in [4.69, 9.17) is 0 Å². The summed E-state index contributed by atoms with van der Waals surface area (Å²) in [6.45, 7) is 0. The average Bonchev–Trinajstić information content (AvgIpc) is 0. The number of hydrogen-bond donors (Lipinski definition) is 0. The summed E-state index contributed by atoms with van der Waals surface area (Å²) >= 11 is 0. The SMILES string of the molecule is [Y].[Y].[Y].[Y].[Y].[Y].[Y].[Y].[Y].[Y].[Y].[Y].[Y].[Y].[Y].[Y].[Y].[Y].[Y].[Y].[Y].[Y].[Y].[Y].[Y].[Y].[Y].[Y].[Y].[Y].[Y].[Y].[Y].[Y].[Y].[Y].[Y].[Y].[Y].[Y].[Y].[Y].[Y].[Y].[Y].[Y].[Y].[Y].[Y].[Y].[Y].[Y].[Y].[Y].[Y].[Y].[Y].[Y].[Y].[Y].[Y].[Y].[Y].[Y].[Y].[Y].[Y].[Y].[Y].[Y].[Y].[Y].[Y].[Y].[Y].[Y].[Y].[Y].[Y].[Y].[Y].[Y].[Y].[Y].[Y].[Y].[Y].[Y].[Y].[Y].[Y]. The van der Waals surface area contributed by atoms with Crippen molar-refractivity contribution in [3.8, 4) is 0 Å². The van der Waals surface area contributed by atoms with E-state index in [1.165, 1.54) is 0 Å². The predicted molar refractivity (Wildman–Crippen MR) is 0 cm³/mol. The van der Waals surface area contributed by atoms with Gasteiger partial charge in [-0.15, -0.1) is 0 Å². The smallest absolute Gasteiger partial charge is 0 e. The molecular formula is Y91. The van der Waals surface area contributed by atoms with Crippen LogP contribution < -0.4 is 0 Å². The van der Waals surface area contributed by atoms with Crippen LogP contribution in [0.1, 0.15) is 0 Å². The maximum atomic E-state index is 0. The zero-order chi connectivity index (χ0) is 0. The van der Waals surface area contributed by atoms with Crippen LogP contribution in [0.15, 0.2) is 0 Å². The summed E-state index contributed by atoms with van der Waals surface area (Å²) in [4.78, 5) is 0. The van der Waals surface area contributed by atoms with E-state index in [-0.39, 0.29) is 2980 Å². The van der Waals surface area contributed by atoms with Crippen LogP contribution in [0.3, 0.4) is 0 Å². The summed E-state index contributed by atoms with van der Waals surface area (Å²) in [6, 6.07) is 0. The maximum Gasteiger partial charge on any atom is 0 e. The molecule has 0 N–H and O–H groups in total. The van der Waals surface area contributed by atoms with E-state index in [2.05, 4.69) is 0 Å². The van der Waals surface area contributed by atoms with Crippen molar-refractivity contribution in [3.63, 3.8) is 0 Å². The van der Waals surface area contributed by atoms with Crippen LogP contribution in [0, 0.1) is 0 Å². The molecule has 0 saturated heterocycles. The van der Waals surface area contributed by atoms with Gasteiger partial charge in [-0.25, -0.2) is 0 Å². The Hall–Kier alpha value is 100. The Morgan fingerprint density at radius 3 is 0.0110 bits per heavy atom. The Balaban J connectivity index is 0. The fraction of sp³-hybridized carbons (Fsp3) is 0. The Bertz CT molecular complexity index is 0. The van der Waals surface area contributed by atoms with Crippen molar-refractivity contribution in [3.05, 3.63) is 0 Å². The third kappa shape index (κ3) is 670. The molecule has 0 aliphatic carbocycles. The van der Waals surface area contributed by atoms with Gasteiger partial charge in [0.15, 0.2) is 0 Å². The molecule has 0 aromatic carbocycles. The largest absolute Gasteiger partial charge is 0 e. The minimum absolute atomic E-state index is 0. The Morgan fingerprint density at radius 2 is 0.0110 bits per heavy atom. The summed E-state index contributed by atoms with van der Waals surface area (Å²) in [5, 5.41) is 0. The molecule has 0 nitrogen and oxygen atoms in total. The van der Waals surface area contributed by atoms with Gasteiger partial charge in [0.1, 0.15) is 0 Å². The zero-order valence-electron chi connectivity index (χ0n) is 52.5. The molecule has 0 fully saturated rings. The van der Waals surface area contributed by atoms with Gasteiger partial charge in [0.25, 0.3) is 0 Å². The molecule has 0 atom stereocenters. The van der Waals surface area contributed by atoms with E-state index in [0.717, 1.165) is 0 Å². The Labute approximate surface area is 2860 Å². The quantitative estimate of drug-likeness (QED) is 0.315. The molecule has 0 amide bonds. The number of rotatable bonds is 0. The first-order valence-corrected chi connectivity index (χ1v) is 0. The summed E-state index contributed by atoms with van der Waals surface area (Å²) in [5.74, 6) is 0.